The van der Waals surface area contributed by atoms with Gasteiger partial charge in [0.25, 0.3) is 11.5 Å². The molecule has 182 valence electrons. The van der Waals surface area contributed by atoms with Crippen molar-refractivity contribution in [3.8, 4) is 0 Å². The van der Waals surface area contributed by atoms with E-state index in [1.807, 2.05) is 11.8 Å². The SMILES string of the molecule is CCN(C(=O)c1cc(Cn2c(=O)[nH]c(=O)c3ccccc32)ccc1F)C1CCN(C(=O)C2CC2)C1. The van der Waals surface area contributed by atoms with Gasteiger partial charge in [-0.2, -0.15) is 0 Å². The minimum Gasteiger partial charge on any atom is -0.340 e. The number of fused-ring (bicyclic) bond motifs is 1. The molecule has 2 amide bonds. The van der Waals surface area contributed by atoms with Crippen molar-refractivity contribution in [2.24, 2.45) is 5.92 Å². The number of nitrogens with zero attached hydrogens (tertiary/aromatic N) is 3. The Morgan fingerprint density at radius 2 is 1.89 bits per heavy atom. The Bertz CT molecular complexity index is 1420. The molecule has 5 rings (SSSR count). The number of likely N-dealkylation sites (N-methyl/N-ethyl adjacent to an activating group) is 1. The number of aromatic amines is 1. The van der Waals surface area contributed by atoms with Crippen LogP contribution in [0.3, 0.4) is 0 Å². The third kappa shape index (κ3) is 4.38. The second-order valence-electron chi connectivity index (χ2n) is 9.27. The predicted octanol–water partition coefficient (Wildman–Crippen LogP) is 2.35. The summed E-state index contributed by atoms with van der Waals surface area (Å²) in [4.78, 5) is 56.3. The van der Waals surface area contributed by atoms with Gasteiger partial charge in [-0.25, -0.2) is 9.18 Å². The Balaban J connectivity index is 1.41. The minimum atomic E-state index is -0.639. The van der Waals surface area contributed by atoms with Crippen molar-refractivity contribution in [2.75, 3.05) is 19.6 Å². The molecule has 9 heteroatoms. The Hall–Kier alpha value is -3.75. The summed E-state index contributed by atoms with van der Waals surface area (Å²) < 4.78 is 16.2. The Kier molecular flexibility index (Phi) is 6.00. The molecule has 35 heavy (non-hydrogen) atoms. The molecule has 1 aliphatic heterocycles. The first kappa shape index (κ1) is 23.0. The average molecular weight is 479 g/mol. The quantitative estimate of drug-likeness (QED) is 0.588. The van der Waals surface area contributed by atoms with E-state index in [1.54, 1.807) is 29.2 Å². The maximum atomic E-state index is 14.8. The summed E-state index contributed by atoms with van der Waals surface area (Å²) in [6, 6.07) is 10.8. The minimum absolute atomic E-state index is 0.0654. The van der Waals surface area contributed by atoms with E-state index in [0.717, 1.165) is 12.8 Å². The molecule has 1 N–H and O–H groups in total. The third-order valence-electron chi connectivity index (χ3n) is 6.95. The molecule has 2 heterocycles. The van der Waals surface area contributed by atoms with Crippen LogP contribution < -0.4 is 11.2 Å². The highest BCUT2D eigenvalue weighted by atomic mass is 19.1. The Morgan fingerprint density at radius 3 is 2.63 bits per heavy atom. The van der Waals surface area contributed by atoms with E-state index in [-0.39, 0.29) is 30.0 Å². The van der Waals surface area contributed by atoms with Gasteiger partial charge in [0.05, 0.1) is 29.1 Å². The molecule has 0 spiro atoms. The maximum absolute atomic E-state index is 14.8. The monoisotopic (exact) mass is 478 g/mol. The van der Waals surface area contributed by atoms with Crippen LogP contribution in [0.2, 0.25) is 0 Å². The molecule has 0 bridgehead atoms. The second kappa shape index (κ2) is 9.13. The van der Waals surface area contributed by atoms with E-state index in [0.29, 0.717) is 42.5 Å². The summed E-state index contributed by atoms with van der Waals surface area (Å²) in [6.07, 6.45) is 2.53. The first-order valence-electron chi connectivity index (χ1n) is 12.0. The zero-order chi connectivity index (χ0) is 24.7. The van der Waals surface area contributed by atoms with E-state index < -0.39 is 23.0 Å². The maximum Gasteiger partial charge on any atom is 0.329 e. The molecule has 2 fully saturated rings. The van der Waals surface area contributed by atoms with Crippen LogP contribution in [0.4, 0.5) is 4.39 Å². The van der Waals surface area contributed by atoms with Crippen molar-refractivity contribution >= 4 is 22.7 Å². The molecule has 8 nitrogen and oxygen atoms in total. The summed E-state index contributed by atoms with van der Waals surface area (Å²) in [5.74, 6) is -0.792. The highest BCUT2D eigenvalue weighted by molar-refractivity contribution is 5.95. The number of benzene rings is 2. The number of aromatic nitrogens is 2. The second-order valence-corrected chi connectivity index (χ2v) is 9.27. The molecule has 1 atom stereocenters. The number of likely N-dealkylation sites (tertiary alicyclic amines) is 1. The highest BCUT2D eigenvalue weighted by Crippen LogP contribution is 2.33. The van der Waals surface area contributed by atoms with E-state index in [2.05, 4.69) is 4.98 Å². The number of para-hydroxylation sites is 1. The number of H-pyrrole nitrogens is 1. The van der Waals surface area contributed by atoms with Crippen molar-refractivity contribution in [3.63, 3.8) is 0 Å². The lowest BCUT2D eigenvalue weighted by atomic mass is 10.1. The summed E-state index contributed by atoms with van der Waals surface area (Å²) in [5, 5.41) is 0.370. The molecule has 0 radical (unpaired) electrons. The van der Waals surface area contributed by atoms with E-state index in [4.69, 9.17) is 0 Å². The van der Waals surface area contributed by atoms with Crippen LogP contribution in [0, 0.1) is 11.7 Å². The van der Waals surface area contributed by atoms with Gasteiger partial charge in [-0.1, -0.05) is 18.2 Å². The predicted molar refractivity (Wildman–Crippen MR) is 129 cm³/mol. The zero-order valence-electron chi connectivity index (χ0n) is 19.5. The lowest BCUT2D eigenvalue weighted by Crippen LogP contribution is -2.43. The van der Waals surface area contributed by atoms with E-state index in [1.165, 1.54) is 22.8 Å². The molecule has 1 saturated carbocycles. The molecular weight excluding hydrogens is 451 g/mol. The molecule has 3 aromatic rings. The molecule has 1 saturated heterocycles. The Morgan fingerprint density at radius 1 is 1.11 bits per heavy atom. The number of halogens is 1. The van der Waals surface area contributed by atoms with Crippen LogP contribution in [0.1, 0.15) is 42.1 Å². The molecule has 1 unspecified atom stereocenters. The largest absolute Gasteiger partial charge is 0.340 e. The van der Waals surface area contributed by atoms with Gasteiger partial charge < -0.3 is 9.80 Å². The van der Waals surface area contributed by atoms with Crippen LogP contribution in [-0.4, -0.2) is 56.8 Å². The summed E-state index contributed by atoms with van der Waals surface area (Å²) >= 11 is 0. The molecule has 2 aromatic carbocycles. The van der Waals surface area contributed by atoms with E-state index in [9.17, 15) is 23.6 Å². The summed E-state index contributed by atoms with van der Waals surface area (Å²) in [6.45, 7) is 3.37. The normalized spacial score (nSPS) is 17.7. The molecule has 2 aliphatic rings. The van der Waals surface area contributed by atoms with Crippen LogP contribution in [0.15, 0.2) is 52.1 Å². The third-order valence-corrected chi connectivity index (χ3v) is 6.95. The fourth-order valence-corrected chi connectivity index (χ4v) is 4.92. The number of carbonyl (C=O) groups is 2. The van der Waals surface area contributed by atoms with Gasteiger partial charge in [0, 0.05) is 25.6 Å². The van der Waals surface area contributed by atoms with Crippen LogP contribution in [0.25, 0.3) is 10.9 Å². The van der Waals surface area contributed by atoms with Gasteiger partial charge in [0.1, 0.15) is 5.82 Å². The smallest absolute Gasteiger partial charge is 0.329 e. The fourth-order valence-electron chi connectivity index (χ4n) is 4.92. The van der Waals surface area contributed by atoms with Gasteiger partial charge in [-0.15, -0.1) is 0 Å². The standard InChI is InChI=1S/C26H27FN4O4/c1-2-30(18-11-12-29(15-18)24(33)17-8-9-17)25(34)20-13-16(7-10-21(20)27)14-31-22-6-4-3-5-19(22)23(32)28-26(31)35/h3-7,10,13,17-18H,2,8-9,11-12,14-15H2,1H3,(H,28,32,35). The van der Waals surface area contributed by atoms with Gasteiger partial charge >= 0.3 is 5.69 Å². The lowest BCUT2D eigenvalue weighted by molar-refractivity contribution is -0.131. The first-order valence-corrected chi connectivity index (χ1v) is 12.0. The lowest BCUT2D eigenvalue weighted by Gasteiger charge is -2.28. The number of carbonyl (C=O) groups excluding carboxylic acids is 2. The van der Waals surface area contributed by atoms with Crippen LogP contribution >= 0.6 is 0 Å². The van der Waals surface area contributed by atoms with Crippen LogP contribution in [-0.2, 0) is 11.3 Å². The Labute approximate surface area is 201 Å². The highest BCUT2D eigenvalue weighted by Gasteiger charge is 2.39. The van der Waals surface area contributed by atoms with Crippen molar-refractivity contribution in [2.45, 2.75) is 38.8 Å². The van der Waals surface area contributed by atoms with E-state index >= 15 is 0 Å². The van der Waals surface area contributed by atoms with Crippen molar-refractivity contribution in [1.82, 2.24) is 19.4 Å². The number of nitrogens with one attached hydrogen (secondary N) is 1. The van der Waals surface area contributed by atoms with Gasteiger partial charge in [-0.3, -0.25) is 23.9 Å². The van der Waals surface area contributed by atoms with Crippen molar-refractivity contribution in [3.05, 3.63) is 80.2 Å². The fraction of sp³-hybridized carbons (Fsp3) is 0.385. The van der Waals surface area contributed by atoms with Crippen molar-refractivity contribution < 1.29 is 14.0 Å². The van der Waals surface area contributed by atoms with Gasteiger partial charge in [0.15, 0.2) is 0 Å². The number of amides is 2. The molecular formula is C26H27FN4O4. The first-order chi connectivity index (χ1) is 16.9. The zero-order valence-corrected chi connectivity index (χ0v) is 19.5. The summed E-state index contributed by atoms with van der Waals surface area (Å²) in [7, 11) is 0. The molecule has 1 aliphatic carbocycles. The number of rotatable bonds is 6. The number of hydrogen-bond acceptors (Lipinski definition) is 4. The van der Waals surface area contributed by atoms with Crippen molar-refractivity contribution in [1.29, 1.82) is 0 Å². The van der Waals surface area contributed by atoms with Gasteiger partial charge in [0.2, 0.25) is 5.91 Å². The van der Waals surface area contributed by atoms with Crippen LogP contribution in [0.5, 0.6) is 0 Å². The summed E-state index contributed by atoms with van der Waals surface area (Å²) in [5.41, 5.74) is -0.103. The molecule has 1 aromatic heterocycles. The topological polar surface area (TPSA) is 95.5 Å². The number of hydrogen-bond donors (Lipinski definition) is 1. The van der Waals surface area contributed by atoms with Gasteiger partial charge in [-0.05, 0) is 56.0 Å². The average Bonchev–Trinajstić information content (AvgIpc) is 3.60.